The summed E-state index contributed by atoms with van der Waals surface area (Å²) in [5.74, 6) is 0.213. The van der Waals surface area contributed by atoms with Crippen LogP contribution in [0.15, 0.2) is 48.5 Å². The van der Waals surface area contributed by atoms with E-state index in [-0.39, 0.29) is 18.3 Å². The van der Waals surface area contributed by atoms with Crippen molar-refractivity contribution >= 4 is 17.4 Å². The number of rotatable bonds is 7. The SMILES string of the molecule is CC(=O)c1cccc(OCC(=O)Nc2ccc(CN3CCOCC3)cc2)c1. The van der Waals surface area contributed by atoms with Gasteiger partial charge in [0.1, 0.15) is 5.75 Å². The first kappa shape index (κ1) is 19.1. The second-order valence-corrected chi connectivity index (χ2v) is 6.51. The number of morpholine rings is 1. The number of carbonyl (C=O) groups is 2. The molecule has 2 aromatic rings. The first-order chi connectivity index (χ1) is 13.1. The minimum atomic E-state index is -0.246. The van der Waals surface area contributed by atoms with Crippen LogP contribution in [0.2, 0.25) is 0 Å². The quantitative estimate of drug-likeness (QED) is 0.761. The fraction of sp³-hybridized carbons (Fsp3) is 0.333. The zero-order chi connectivity index (χ0) is 19.1. The number of nitrogens with zero attached hydrogens (tertiary/aromatic N) is 1. The average molecular weight is 368 g/mol. The highest BCUT2D eigenvalue weighted by molar-refractivity contribution is 5.94. The van der Waals surface area contributed by atoms with Gasteiger partial charge >= 0.3 is 0 Å². The van der Waals surface area contributed by atoms with E-state index in [0.29, 0.717) is 11.3 Å². The normalized spacial score (nSPS) is 14.6. The van der Waals surface area contributed by atoms with Crippen molar-refractivity contribution in [3.63, 3.8) is 0 Å². The summed E-state index contributed by atoms with van der Waals surface area (Å²) in [6.45, 7) is 5.72. The van der Waals surface area contributed by atoms with Crippen molar-refractivity contribution in [2.75, 3.05) is 38.2 Å². The number of ketones is 1. The summed E-state index contributed by atoms with van der Waals surface area (Å²) in [7, 11) is 0. The number of nitrogens with one attached hydrogen (secondary N) is 1. The van der Waals surface area contributed by atoms with Crippen molar-refractivity contribution in [3.8, 4) is 5.75 Å². The van der Waals surface area contributed by atoms with Gasteiger partial charge in [0.15, 0.2) is 12.4 Å². The van der Waals surface area contributed by atoms with Crippen LogP contribution in [0.3, 0.4) is 0 Å². The summed E-state index contributed by atoms with van der Waals surface area (Å²) in [6, 6.07) is 14.6. The second kappa shape index (κ2) is 9.30. The van der Waals surface area contributed by atoms with Crippen LogP contribution >= 0.6 is 0 Å². The van der Waals surface area contributed by atoms with Crippen molar-refractivity contribution in [2.45, 2.75) is 13.5 Å². The van der Waals surface area contributed by atoms with E-state index in [4.69, 9.17) is 9.47 Å². The predicted molar refractivity (Wildman–Crippen MR) is 103 cm³/mol. The van der Waals surface area contributed by atoms with Gasteiger partial charge in [0.05, 0.1) is 13.2 Å². The van der Waals surface area contributed by atoms with Gasteiger partial charge in [-0.1, -0.05) is 24.3 Å². The third kappa shape index (κ3) is 5.91. The van der Waals surface area contributed by atoms with Crippen molar-refractivity contribution < 1.29 is 19.1 Å². The number of carbonyl (C=O) groups excluding carboxylic acids is 2. The summed E-state index contributed by atoms with van der Waals surface area (Å²) >= 11 is 0. The van der Waals surface area contributed by atoms with Gasteiger partial charge in [-0.2, -0.15) is 0 Å². The van der Waals surface area contributed by atoms with Crippen molar-refractivity contribution in [3.05, 3.63) is 59.7 Å². The first-order valence-electron chi connectivity index (χ1n) is 9.03. The third-order valence-electron chi connectivity index (χ3n) is 4.36. The Morgan fingerprint density at radius 2 is 1.85 bits per heavy atom. The van der Waals surface area contributed by atoms with E-state index < -0.39 is 0 Å². The fourth-order valence-corrected chi connectivity index (χ4v) is 2.86. The molecule has 0 radical (unpaired) electrons. The van der Waals surface area contributed by atoms with Crippen LogP contribution < -0.4 is 10.1 Å². The Morgan fingerprint density at radius 1 is 1.11 bits per heavy atom. The standard InChI is InChI=1S/C21H24N2O4/c1-16(24)18-3-2-4-20(13-18)27-15-21(25)22-19-7-5-17(6-8-19)14-23-9-11-26-12-10-23/h2-8,13H,9-12,14-15H2,1H3,(H,22,25). The molecule has 1 saturated heterocycles. The van der Waals surface area contributed by atoms with Crippen LogP contribution in [0.4, 0.5) is 5.69 Å². The lowest BCUT2D eigenvalue weighted by atomic mass is 10.1. The van der Waals surface area contributed by atoms with E-state index in [0.717, 1.165) is 38.5 Å². The molecule has 0 bridgehead atoms. The number of anilines is 1. The van der Waals surface area contributed by atoms with Gasteiger partial charge < -0.3 is 14.8 Å². The van der Waals surface area contributed by atoms with Crippen LogP contribution in [0.1, 0.15) is 22.8 Å². The van der Waals surface area contributed by atoms with Crippen LogP contribution in [-0.4, -0.2) is 49.5 Å². The van der Waals surface area contributed by atoms with Gasteiger partial charge in [-0.3, -0.25) is 14.5 Å². The molecule has 3 rings (SSSR count). The van der Waals surface area contributed by atoms with Crippen LogP contribution in [0.5, 0.6) is 5.75 Å². The Balaban J connectivity index is 1.47. The molecule has 1 aliphatic heterocycles. The second-order valence-electron chi connectivity index (χ2n) is 6.51. The molecular formula is C21H24N2O4. The molecule has 6 nitrogen and oxygen atoms in total. The molecule has 1 aliphatic rings. The van der Waals surface area contributed by atoms with E-state index in [1.807, 2.05) is 24.3 Å². The van der Waals surface area contributed by atoms with E-state index in [1.54, 1.807) is 24.3 Å². The Hall–Kier alpha value is -2.70. The lowest BCUT2D eigenvalue weighted by Gasteiger charge is -2.26. The molecule has 1 amide bonds. The Morgan fingerprint density at radius 3 is 2.56 bits per heavy atom. The minimum Gasteiger partial charge on any atom is -0.484 e. The zero-order valence-corrected chi connectivity index (χ0v) is 15.4. The monoisotopic (exact) mass is 368 g/mol. The summed E-state index contributed by atoms with van der Waals surface area (Å²) in [5, 5.41) is 2.82. The fourth-order valence-electron chi connectivity index (χ4n) is 2.86. The molecular weight excluding hydrogens is 344 g/mol. The minimum absolute atomic E-state index is 0.0397. The van der Waals surface area contributed by atoms with Gasteiger partial charge in [-0.25, -0.2) is 0 Å². The van der Waals surface area contributed by atoms with Gasteiger partial charge in [0.25, 0.3) is 5.91 Å². The van der Waals surface area contributed by atoms with E-state index in [9.17, 15) is 9.59 Å². The zero-order valence-electron chi connectivity index (χ0n) is 15.4. The maximum atomic E-state index is 12.1. The van der Waals surface area contributed by atoms with Crippen LogP contribution in [0.25, 0.3) is 0 Å². The van der Waals surface area contributed by atoms with Crippen molar-refractivity contribution in [1.29, 1.82) is 0 Å². The number of amides is 1. The van der Waals surface area contributed by atoms with Gasteiger partial charge in [0.2, 0.25) is 0 Å². The van der Waals surface area contributed by atoms with Crippen molar-refractivity contribution in [2.24, 2.45) is 0 Å². The van der Waals surface area contributed by atoms with Crippen molar-refractivity contribution in [1.82, 2.24) is 4.90 Å². The molecule has 0 unspecified atom stereocenters. The van der Waals surface area contributed by atoms with Crippen LogP contribution in [-0.2, 0) is 16.1 Å². The third-order valence-corrected chi connectivity index (χ3v) is 4.36. The highest BCUT2D eigenvalue weighted by Crippen LogP contribution is 2.15. The van der Waals surface area contributed by atoms with E-state index >= 15 is 0 Å². The Bertz CT molecular complexity index is 783. The molecule has 0 aliphatic carbocycles. The number of hydrogen-bond acceptors (Lipinski definition) is 5. The van der Waals surface area contributed by atoms with E-state index in [2.05, 4.69) is 10.2 Å². The molecule has 1 N–H and O–H groups in total. The number of hydrogen-bond donors (Lipinski definition) is 1. The molecule has 27 heavy (non-hydrogen) atoms. The topological polar surface area (TPSA) is 67.9 Å². The molecule has 0 aromatic heterocycles. The molecule has 0 spiro atoms. The van der Waals surface area contributed by atoms with Gasteiger partial charge in [-0.15, -0.1) is 0 Å². The Labute approximate surface area is 159 Å². The lowest BCUT2D eigenvalue weighted by Crippen LogP contribution is -2.35. The molecule has 1 fully saturated rings. The Kier molecular flexibility index (Phi) is 6.57. The molecule has 0 saturated carbocycles. The summed E-state index contributed by atoms with van der Waals surface area (Å²) < 4.78 is 10.8. The lowest BCUT2D eigenvalue weighted by molar-refractivity contribution is -0.118. The summed E-state index contributed by atoms with van der Waals surface area (Å²) in [5.41, 5.74) is 2.49. The maximum absolute atomic E-state index is 12.1. The highest BCUT2D eigenvalue weighted by atomic mass is 16.5. The van der Waals surface area contributed by atoms with Gasteiger partial charge in [0, 0.05) is 30.9 Å². The highest BCUT2D eigenvalue weighted by Gasteiger charge is 2.11. The smallest absolute Gasteiger partial charge is 0.262 e. The molecule has 1 heterocycles. The predicted octanol–water partition coefficient (Wildman–Crippen LogP) is 2.74. The van der Waals surface area contributed by atoms with E-state index in [1.165, 1.54) is 12.5 Å². The molecule has 2 aromatic carbocycles. The first-order valence-corrected chi connectivity index (χ1v) is 9.03. The summed E-state index contributed by atoms with van der Waals surface area (Å²) in [4.78, 5) is 25.8. The maximum Gasteiger partial charge on any atom is 0.262 e. The largest absolute Gasteiger partial charge is 0.484 e. The molecule has 142 valence electrons. The van der Waals surface area contributed by atoms with Gasteiger partial charge in [-0.05, 0) is 36.8 Å². The number of ether oxygens (including phenoxy) is 2. The number of benzene rings is 2. The average Bonchev–Trinajstić information content (AvgIpc) is 2.69. The molecule has 0 atom stereocenters. The number of Topliss-reactive ketones (excluding diaryl/α,β-unsaturated/α-hetero) is 1. The summed E-state index contributed by atoms with van der Waals surface area (Å²) in [6.07, 6.45) is 0. The molecule has 6 heteroatoms. The van der Waals surface area contributed by atoms with Crippen LogP contribution in [0, 0.1) is 0 Å².